The Morgan fingerprint density at radius 3 is 2.51 bits per heavy atom. The van der Waals surface area contributed by atoms with Crippen molar-refractivity contribution in [2.45, 2.75) is 6.04 Å². The number of halogens is 1. The van der Waals surface area contributed by atoms with E-state index in [-0.39, 0.29) is 17.9 Å². The molecule has 3 aromatic carbocycles. The highest BCUT2D eigenvalue weighted by Crippen LogP contribution is 2.34. The van der Waals surface area contributed by atoms with Crippen LogP contribution in [0.15, 0.2) is 91.0 Å². The molecule has 0 spiro atoms. The second-order valence-corrected chi connectivity index (χ2v) is 8.30. The van der Waals surface area contributed by atoms with E-state index >= 15 is 0 Å². The molecule has 0 radical (unpaired) electrons. The number of aromatic nitrogens is 3. The number of hydrogen-bond donors (Lipinski definition) is 2. The summed E-state index contributed by atoms with van der Waals surface area (Å²) in [5, 5.41) is 11.3. The van der Waals surface area contributed by atoms with Crippen LogP contribution in [0.3, 0.4) is 0 Å². The topological polar surface area (TPSA) is 81.1 Å². The number of carbonyl (C=O) groups is 1. The molecular formula is C27H22ClN5O2. The molecule has 174 valence electrons. The maximum Gasteiger partial charge on any atom is 0.250 e. The Hall–Kier alpha value is -4.36. The van der Waals surface area contributed by atoms with Crippen LogP contribution in [0.25, 0.3) is 11.8 Å². The van der Waals surface area contributed by atoms with E-state index in [4.69, 9.17) is 16.3 Å². The lowest BCUT2D eigenvalue weighted by Gasteiger charge is -2.24. The summed E-state index contributed by atoms with van der Waals surface area (Å²) < 4.78 is 7.05. The van der Waals surface area contributed by atoms with Gasteiger partial charge in [-0.25, -0.2) is 4.68 Å². The van der Waals surface area contributed by atoms with Crippen molar-refractivity contribution in [3.63, 3.8) is 0 Å². The number of nitrogens with one attached hydrogen (secondary N) is 2. The number of amides is 1. The minimum absolute atomic E-state index is 0.208. The molecule has 2 heterocycles. The van der Waals surface area contributed by atoms with Gasteiger partial charge in [-0.2, -0.15) is 4.98 Å². The molecule has 7 nitrogen and oxygen atoms in total. The average Bonchev–Trinajstić information content (AvgIpc) is 3.30. The van der Waals surface area contributed by atoms with Gasteiger partial charge in [-0.3, -0.25) is 10.1 Å². The first kappa shape index (κ1) is 22.4. The molecule has 8 heteroatoms. The highest BCUT2D eigenvalue weighted by molar-refractivity contribution is 6.30. The van der Waals surface area contributed by atoms with Gasteiger partial charge in [0.25, 0.3) is 11.9 Å². The number of carbonyl (C=O) groups excluding carboxylic acids is 1. The minimum Gasteiger partial charge on any atom is -0.497 e. The summed E-state index contributed by atoms with van der Waals surface area (Å²) in [6.07, 6.45) is 5.26. The smallest absolute Gasteiger partial charge is 0.250 e. The fourth-order valence-corrected chi connectivity index (χ4v) is 3.90. The second-order valence-electron chi connectivity index (χ2n) is 7.87. The Kier molecular flexibility index (Phi) is 6.32. The van der Waals surface area contributed by atoms with Crippen molar-refractivity contribution in [3.05, 3.63) is 113 Å². The second kappa shape index (κ2) is 9.87. The number of fused-ring (bicyclic) bond motifs is 1. The Bertz CT molecular complexity index is 1390. The Morgan fingerprint density at radius 1 is 1.06 bits per heavy atom. The molecule has 0 saturated carbocycles. The van der Waals surface area contributed by atoms with Gasteiger partial charge in [0.15, 0.2) is 0 Å². The fraction of sp³-hybridized carbons (Fsp3) is 0.0741. The molecule has 2 N–H and O–H groups in total. The zero-order valence-electron chi connectivity index (χ0n) is 18.9. The number of methoxy groups -OCH3 is 1. The number of ether oxygens (including phenoxy) is 1. The number of anilines is 2. The lowest BCUT2D eigenvalue weighted by atomic mass is 10.0. The van der Waals surface area contributed by atoms with Crippen LogP contribution in [0.4, 0.5) is 11.9 Å². The van der Waals surface area contributed by atoms with E-state index in [1.165, 1.54) is 6.08 Å². The van der Waals surface area contributed by atoms with Crippen molar-refractivity contribution in [1.82, 2.24) is 14.8 Å². The van der Waals surface area contributed by atoms with Crippen LogP contribution in [0.1, 0.15) is 22.7 Å². The largest absolute Gasteiger partial charge is 0.497 e. The third-order valence-electron chi connectivity index (χ3n) is 5.54. The molecule has 0 unspecified atom stereocenters. The van der Waals surface area contributed by atoms with Gasteiger partial charge in [-0.15, -0.1) is 5.10 Å². The molecule has 1 amide bonds. The zero-order chi connectivity index (χ0) is 24.2. The van der Waals surface area contributed by atoms with Crippen LogP contribution < -0.4 is 15.4 Å². The maximum absolute atomic E-state index is 12.5. The first-order chi connectivity index (χ1) is 17.1. The first-order valence-corrected chi connectivity index (χ1v) is 11.4. The number of benzene rings is 3. The summed E-state index contributed by atoms with van der Waals surface area (Å²) in [7, 11) is 1.63. The maximum atomic E-state index is 12.5. The average molecular weight is 484 g/mol. The molecule has 1 aliphatic rings. The van der Waals surface area contributed by atoms with Crippen LogP contribution in [-0.2, 0) is 4.79 Å². The van der Waals surface area contributed by atoms with Crippen molar-refractivity contribution < 1.29 is 9.53 Å². The van der Waals surface area contributed by atoms with E-state index in [0.29, 0.717) is 11.0 Å². The van der Waals surface area contributed by atoms with Crippen LogP contribution >= 0.6 is 11.6 Å². The normalized spacial score (nSPS) is 14.7. The van der Waals surface area contributed by atoms with E-state index in [2.05, 4.69) is 26.8 Å². The summed E-state index contributed by atoms with van der Waals surface area (Å²) in [5.41, 5.74) is 3.74. The van der Waals surface area contributed by atoms with Gasteiger partial charge in [-0.1, -0.05) is 66.2 Å². The van der Waals surface area contributed by atoms with E-state index in [0.717, 1.165) is 28.1 Å². The molecule has 1 atom stereocenters. The molecule has 5 rings (SSSR count). The molecule has 1 aromatic heterocycles. The predicted octanol–water partition coefficient (Wildman–Crippen LogP) is 5.65. The SMILES string of the molecule is COc1ccc([C@@H]2C=C(c3ccc(Cl)cc3)Nc3nc(NC(=O)/C=C/c4ccccc4)nn32)cc1. The van der Waals surface area contributed by atoms with Gasteiger partial charge < -0.3 is 10.1 Å². The first-order valence-electron chi connectivity index (χ1n) is 11.0. The Balaban J connectivity index is 1.44. The molecule has 35 heavy (non-hydrogen) atoms. The molecule has 4 aromatic rings. The highest BCUT2D eigenvalue weighted by atomic mass is 35.5. The van der Waals surface area contributed by atoms with Crippen LogP contribution in [-0.4, -0.2) is 27.8 Å². The third-order valence-corrected chi connectivity index (χ3v) is 5.79. The van der Waals surface area contributed by atoms with Gasteiger partial charge in [0.05, 0.1) is 7.11 Å². The highest BCUT2D eigenvalue weighted by Gasteiger charge is 2.25. The fourth-order valence-electron chi connectivity index (χ4n) is 3.77. The quantitative estimate of drug-likeness (QED) is 0.346. The van der Waals surface area contributed by atoms with Gasteiger partial charge >= 0.3 is 0 Å². The number of rotatable bonds is 6. The van der Waals surface area contributed by atoms with Gasteiger partial charge in [0.1, 0.15) is 11.8 Å². The number of hydrogen-bond acceptors (Lipinski definition) is 5. The van der Waals surface area contributed by atoms with Gasteiger partial charge in [-0.05, 0) is 53.1 Å². The van der Waals surface area contributed by atoms with Crippen molar-refractivity contribution in [3.8, 4) is 5.75 Å². The predicted molar refractivity (Wildman–Crippen MR) is 138 cm³/mol. The number of allylic oxidation sites excluding steroid dienone is 1. The molecule has 1 aliphatic heterocycles. The summed E-state index contributed by atoms with van der Waals surface area (Å²) in [5.74, 6) is 1.17. The van der Waals surface area contributed by atoms with Crippen molar-refractivity contribution in [1.29, 1.82) is 0 Å². The van der Waals surface area contributed by atoms with Crippen LogP contribution in [0.5, 0.6) is 5.75 Å². The molecular weight excluding hydrogens is 462 g/mol. The van der Waals surface area contributed by atoms with E-state index in [1.807, 2.05) is 78.9 Å². The van der Waals surface area contributed by atoms with Gasteiger partial charge in [0, 0.05) is 16.8 Å². The zero-order valence-corrected chi connectivity index (χ0v) is 19.6. The lowest BCUT2D eigenvalue weighted by molar-refractivity contribution is -0.111. The van der Waals surface area contributed by atoms with Crippen LogP contribution in [0.2, 0.25) is 5.02 Å². The molecule has 0 saturated heterocycles. The van der Waals surface area contributed by atoms with Crippen LogP contribution in [0, 0.1) is 0 Å². The van der Waals surface area contributed by atoms with Crippen molar-refractivity contribution in [2.24, 2.45) is 0 Å². The summed E-state index contributed by atoms with van der Waals surface area (Å²) in [4.78, 5) is 17.0. The van der Waals surface area contributed by atoms with Crippen molar-refractivity contribution >= 4 is 41.2 Å². The van der Waals surface area contributed by atoms with E-state index < -0.39 is 0 Å². The standard InChI is InChI=1S/C27H22ClN5O2/c1-35-22-14-10-20(11-15-22)24-17-23(19-8-12-21(28)13-9-19)29-27-31-26(32-33(24)27)30-25(34)16-7-18-5-3-2-4-6-18/h2-17,24H,1H3,(H2,29,30,31,32,34)/b16-7+/t24-/m0/s1. The van der Waals surface area contributed by atoms with Gasteiger partial charge in [0.2, 0.25) is 5.95 Å². The minimum atomic E-state index is -0.316. The lowest BCUT2D eigenvalue weighted by Crippen LogP contribution is -2.20. The monoisotopic (exact) mass is 483 g/mol. The molecule has 0 bridgehead atoms. The van der Waals surface area contributed by atoms with E-state index in [1.54, 1.807) is 17.9 Å². The van der Waals surface area contributed by atoms with E-state index in [9.17, 15) is 4.79 Å². The molecule has 0 aliphatic carbocycles. The summed E-state index contributed by atoms with van der Waals surface area (Å²) in [6, 6.07) is 24.7. The summed E-state index contributed by atoms with van der Waals surface area (Å²) >= 11 is 6.08. The third kappa shape index (κ3) is 5.10. The Labute approximate surface area is 207 Å². The number of nitrogens with zero attached hydrogens (tertiary/aromatic N) is 3. The van der Waals surface area contributed by atoms with Crippen molar-refractivity contribution in [2.75, 3.05) is 17.7 Å². The Morgan fingerprint density at radius 2 is 1.80 bits per heavy atom. The summed E-state index contributed by atoms with van der Waals surface area (Å²) in [6.45, 7) is 0. The molecule has 0 fully saturated rings.